The number of hydrogen-bond donors (Lipinski definition) is 3. The molecule has 1 aromatic heterocycles. The molecule has 12 heteroatoms. The van der Waals surface area contributed by atoms with Crippen LogP contribution in [-0.4, -0.2) is 77.9 Å². The Hall–Kier alpha value is -3.96. The third-order valence-corrected chi connectivity index (χ3v) is 8.81. The van der Waals surface area contributed by atoms with E-state index in [1.54, 1.807) is 30.3 Å². The Morgan fingerprint density at radius 1 is 1.27 bits per heavy atom. The highest BCUT2D eigenvalue weighted by Crippen LogP contribution is 2.49. The van der Waals surface area contributed by atoms with Crippen molar-refractivity contribution >= 4 is 34.6 Å². The molecule has 10 nitrogen and oxygen atoms in total. The summed E-state index contributed by atoms with van der Waals surface area (Å²) >= 11 is 0. The number of benzene rings is 1. The second kappa shape index (κ2) is 10.5. The summed E-state index contributed by atoms with van der Waals surface area (Å²) in [5.74, 6) is -6.28. The van der Waals surface area contributed by atoms with Crippen LogP contribution < -0.4 is 15.4 Å². The van der Waals surface area contributed by atoms with E-state index in [0.29, 0.717) is 48.0 Å². The molecule has 1 saturated carbocycles. The molecule has 0 radical (unpaired) electrons. The molecule has 1 aromatic carbocycles. The van der Waals surface area contributed by atoms with E-state index >= 15 is 8.78 Å². The summed E-state index contributed by atoms with van der Waals surface area (Å²) in [5, 5.41) is 6.25. The Balaban J connectivity index is 1.32. The number of aromatic amines is 1. The second-order valence-electron chi connectivity index (χ2n) is 11.3. The molecular formula is C29H32F2N4O6. The van der Waals surface area contributed by atoms with Gasteiger partial charge in [-0.2, -0.15) is 0 Å². The number of aromatic nitrogens is 1. The number of carbonyl (C=O) groups excluding carboxylic acids is 4. The average Bonchev–Trinajstić information content (AvgIpc) is 3.67. The van der Waals surface area contributed by atoms with E-state index < -0.39 is 60.1 Å². The maximum Gasteiger partial charge on any atom is 0.333 e. The average molecular weight is 571 g/mol. The molecule has 2 bridgehead atoms. The molecule has 0 spiro atoms. The van der Waals surface area contributed by atoms with Crippen LogP contribution in [0.3, 0.4) is 0 Å². The lowest BCUT2D eigenvalue weighted by molar-refractivity contribution is -0.179. The van der Waals surface area contributed by atoms with Crippen molar-refractivity contribution in [3.63, 3.8) is 0 Å². The van der Waals surface area contributed by atoms with Crippen molar-refractivity contribution in [3.8, 4) is 5.75 Å². The first-order valence-corrected chi connectivity index (χ1v) is 14.0. The van der Waals surface area contributed by atoms with Gasteiger partial charge in [-0.15, -0.1) is 0 Å². The number of amides is 3. The zero-order valence-electron chi connectivity index (χ0n) is 22.6. The highest BCUT2D eigenvalue weighted by molar-refractivity contribution is 6.02. The number of halogens is 2. The number of rotatable bonds is 7. The summed E-state index contributed by atoms with van der Waals surface area (Å²) in [5.41, 5.74) is 1.18. The molecular weight excluding hydrogens is 538 g/mol. The molecule has 7 rings (SSSR count). The lowest BCUT2D eigenvalue weighted by atomic mass is 9.71. The highest BCUT2D eigenvalue weighted by atomic mass is 19.3. The summed E-state index contributed by atoms with van der Waals surface area (Å²) < 4.78 is 40.9. The number of nitrogens with one attached hydrogen (secondary N) is 3. The molecule has 3 N–H and O–H groups in total. The topological polar surface area (TPSA) is 130 Å². The predicted octanol–water partition coefficient (Wildman–Crippen LogP) is 2.69. The van der Waals surface area contributed by atoms with Crippen LogP contribution in [0.1, 0.15) is 49.0 Å². The van der Waals surface area contributed by atoms with Crippen LogP contribution in [-0.2, 0) is 19.1 Å². The van der Waals surface area contributed by atoms with E-state index in [9.17, 15) is 19.2 Å². The molecule has 3 amide bonds. The van der Waals surface area contributed by atoms with Gasteiger partial charge in [-0.25, -0.2) is 13.6 Å². The molecule has 5 aliphatic rings. The van der Waals surface area contributed by atoms with Gasteiger partial charge in [-0.1, -0.05) is 12.1 Å². The van der Waals surface area contributed by atoms with Gasteiger partial charge in [0.1, 0.15) is 17.5 Å². The summed E-state index contributed by atoms with van der Waals surface area (Å²) in [6, 6.07) is 3.89. The zero-order valence-corrected chi connectivity index (χ0v) is 22.6. The number of nitrogens with zero attached hydrogens (tertiary/aromatic N) is 1. The van der Waals surface area contributed by atoms with Crippen LogP contribution in [0.5, 0.6) is 5.75 Å². The summed E-state index contributed by atoms with van der Waals surface area (Å²) in [6.45, 7) is 0.713. The second-order valence-corrected chi connectivity index (χ2v) is 11.3. The fraction of sp³-hybridized carbons (Fsp3) is 0.517. The van der Waals surface area contributed by atoms with Crippen LogP contribution >= 0.6 is 0 Å². The normalized spacial score (nSPS) is 28.6. The predicted molar refractivity (Wildman–Crippen MR) is 142 cm³/mol. The third-order valence-electron chi connectivity index (χ3n) is 8.81. The van der Waals surface area contributed by atoms with E-state index in [-0.39, 0.29) is 31.0 Å². The lowest BCUT2D eigenvalue weighted by Gasteiger charge is -2.53. The van der Waals surface area contributed by atoms with Crippen LogP contribution in [0.2, 0.25) is 0 Å². The first-order chi connectivity index (χ1) is 19.7. The Labute approximate surface area is 234 Å². The third kappa shape index (κ3) is 4.93. The first kappa shape index (κ1) is 27.2. The van der Waals surface area contributed by atoms with Crippen LogP contribution in [0.4, 0.5) is 8.78 Å². The maximum atomic E-state index is 15.2. The molecule has 1 aliphatic carbocycles. The molecule has 5 atom stereocenters. The van der Waals surface area contributed by atoms with Crippen molar-refractivity contribution in [1.29, 1.82) is 0 Å². The number of esters is 1. The van der Waals surface area contributed by atoms with Crippen molar-refractivity contribution < 1.29 is 37.4 Å². The molecule has 218 valence electrons. The summed E-state index contributed by atoms with van der Waals surface area (Å²) in [7, 11) is 1.52. The molecule has 0 unspecified atom stereocenters. The number of piperidine rings is 2. The molecule has 5 fully saturated rings. The smallest absolute Gasteiger partial charge is 0.333 e. The monoisotopic (exact) mass is 570 g/mol. The van der Waals surface area contributed by atoms with Crippen molar-refractivity contribution in [2.75, 3.05) is 20.3 Å². The van der Waals surface area contributed by atoms with Gasteiger partial charge >= 0.3 is 5.97 Å². The Bertz CT molecular complexity index is 1440. The zero-order chi connectivity index (χ0) is 28.9. The molecule has 4 saturated heterocycles. The Morgan fingerprint density at radius 3 is 2.78 bits per heavy atom. The molecule has 2 aromatic rings. The number of cyclic esters (lactones) is 1. The standard InChI is InChI=1S/C29H32F2N4O6/c1-40-23-4-2-3-21-19(23)13-22(34-21)27(38)35-18-5-6-20(29(30,31)14-18)24(35)26(37)33-17(11-15-7-9-32-25(15)36)12-16-8-10-41-28(16)39/h2-4,12-13,15,17-18,20,24,34H,5-11,14H2,1H3,(H,32,36)(H,33,37)/b16-12-/t15-,17-,18-,20-,24+/m0/s1. The quantitative estimate of drug-likeness (QED) is 0.347. The molecule has 4 aliphatic heterocycles. The number of methoxy groups -OCH3 is 1. The van der Waals surface area contributed by atoms with Gasteiger partial charge in [0.15, 0.2) is 0 Å². The van der Waals surface area contributed by atoms with Gasteiger partial charge in [0.05, 0.1) is 19.6 Å². The molecule has 41 heavy (non-hydrogen) atoms. The van der Waals surface area contributed by atoms with Crippen molar-refractivity contribution in [1.82, 2.24) is 20.5 Å². The number of carbonyl (C=O) groups is 4. The van der Waals surface area contributed by atoms with Gasteiger partial charge < -0.3 is 30.0 Å². The summed E-state index contributed by atoms with van der Waals surface area (Å²) in [4.78, 5) is 56.6. The lowest BCUT2D eigenvalue weighted by Crippen LogP contribution is -2.68. The number of fused-ring (bicyclic) bond motifs is 4. The highest BCUT2D eigenvalue weighted by Gasteiger charge is 2.60. The Kier molecular flexibility index (Phi) is 6.95. The number of ether oxygens (including phenoxy) is 2. The van der Waals surface area contributed by atoms with Crippen LogP contribution in [0, 0.1) is 11.8 Å². The molecule has 5 heterocycles. The van der Waals surface area contributed by atoms with Gasteiger partial charge in [-0.3, -0.25) is 14.4 Å². The number of hydrogen-bond acceptors (Lipinski definition) is 6. The fourth-order valence-electron chi connectivity index (χ4n) is 6.81. The summed E-state index contributed by atoms with van der Waals surface area (Å²) in [6.07, 6.45) is 2.61. The number of alkyl halides is 2. The minimum Gasteiger partial charge on any atom is -0.496 e. The van der Waals surface area contributed by atoms with Gasteiger partial charge in [0.2, 0.25) is 11.8 Å². The van der Waals surface area contributed by atoms with E-state index in [1.165, 1.54) is 12.0 Å². The van der Waals surface area contributed by atoms with Crippen molar-refractivity contribution in [2.24, 2.45) is 11.8 Å². The Morgan fingerprint density at radius 2 is 2.10 bits per heavy atom. The van der Waals surface area contributed by atoms with Gasteiger partial charge in [0, 0.05) is 53.9 Å². The van der Waals surface area contributed by atoms with Crippen molar-refractivity contribution in [3.05, 3.63) is 41.6 Å². The first-order valence-electron chi connectivity index (χ1n) is 14.0. The van der Waals surface area contributed by atoms with E-state index in [1.807, 2.05) is 0 Å². The fourth-order valence-corrected chi connectivity index (χ4v) is 6.81. The van der Waals surface area contributed by atoms with E-state index in [4.69, 9.17) is 9.47 Å². The minimum atomic E-state index is -3.13. The maximum absolute atomic E-state index is 15.2. The SMILES string of the molecule is COc1cccc2[nH]c(C(=O)N3[C@H]4CC[C@@H]([C@@H]3C(=O)N[C@H](/C=C3/CCOC3=O)C[C@@H]3CCNC3=O)C(F)(F)C4)cc12. The van der Waals surface area contributed by atoms with Gasteiger partial charge in [-0.05, 0) is 43.9 Å². The van der Waals surface area contributed by atoms with Crippen molar-refractivity contribution in [2.45, 2.75) is 62.6 Å². The number of H-pyrrole nitrogens is 1. The largest absolute Gasteiger partial charge is 0.496 e. The van der Waals surface area contributed by atoms with Gasteiger partial charge in [0.25, 0.3) is 11.8 Å². The van der Waals surface area contributed by atoms with Crippen LogP contribution in [0.25, 0.3) is 10.9 Å². The van der Waals surface area contributed by atoms with E-state index in [2.05, 4.69) is 15.6 Å². The minimum absolute atomic E-state index is 0.100. The van der Waals surface area contributed by atoms with Crippen LogP contribution in [0.15, 0.2) is 35.9 Å². The van der Waals surface area contributed by atoms with E-state index in [0.717, 1.165) is 0 Å².